The molecule has 7 aliphatic rings. The molecule has 6 fully saturated rings. The summed E-state index contributed by atoms with van der Waals surface area (Å²) in [6, 6.07) is 51.7. The lowest BCUT2D eigenvalue weighted by atomic mass is 9.78. The normalized spacial score (nSPS) is 32.7. The van der Waals surface area contributed by atoms with Crippen LogP contribution in [0.4, 0.5) is 0 Å². The number of carbonyl (C=O) groups is 3. The standard InChI is InChI=1S/C80H100O12Si2/c1-51(50-84-78(83)56-27-17-12-18-28-56)43-69-55(5)66-47-58(82)46-61-40-42-68-73(87-61)77(92-94(80(9,10)11,64-33-23-15-24-34-64)65-35-25-16-26-36-65)76-75(89-68)74(91-93(79(6,7)8,62-29-19-13-20-30-62)63-31-21-14-22-32-63)72(90-76)48-57(81)37-38-59-45-53(3)67(85-59)41-39-60-44-52(2)54(4)70(86-60)49-71(66)88-69/h12-38,51-52,55,59-61,66-77H,3-4,39-50H2,1-2,5-11H3/b38-37+/t51-,52+,55+,59?,60?,61?,66+,67-,68-,69+,70+,71?,72?,73-,74-,75-,76+,77-/m0/s1. The van der Waals surface area contributed by atoms with Gasteiger partial charge >= 0.3 is 5.97 Å². The first-order valence-electron chi connectivity index (χ1n) is 34.9. The molecule has 7 aliphatic heterocycles. The van der Waals surface area contributed by atoms with Crippen LogP contribution in [0.25, 0.3) is 0 Å². The zero-order chi connectivity index (χ0) is 66.1. The van der Waals surface area contributed by atoms with E-state index in [2.05, 4.69) is 197 Å². The summed E-state index contributed by atoms with van der Waals surface area (Å²) in [7, 11) is -6.77. The number of benzene rings is 5. The molecular formula is C80H100O12Si2. The van der Waals surface area contributed by atoms with E-state index < -0.39 is 75.5 Å². The van der Waals surface area contributed by atoms with Gasteiger partial charge in [-0.05, 0) is 122 Å². The number of carbonyl (C=O) groups excluding carboxylic acids is 3. The lowest BCUT2D eigenvalue weighted by Gasteiger charge is -2.53. The molecule has 0 aliphatic carbocycles. The fourth-order valence-electron chi connectivity index (χ4n) is 16.9. The first-order chi connectivity index (χ1) is 45.1. The summed E-state index contributed by atoms with van der Waals surface area (Å²) in [5, 5.41) is 3.57. The van der Waals surface area contributed by atoms with Crippen LogP contribution in [0.5, 0.6) is 0 Å². The third kappa shape index (κ3) is 14.2. The number of rotatable bonds is 13. The zero-order valence-corrected chi connectivity index (χ0v) is 58.8. The Kier molecular flexibility index (Phi) is 20.9. The van der Waals surface area contributed by atoms with E-state index in [9.17, 15) is 4.79 Å². The maximum absolute atomic E-state index is 15.3. The second kappa shape index (κ2) is 28.7. The topological polar surface area (TPSA) is 134 Å². The highest BCUT2D eigenvalue weighted by atomic mass is 28.4. The van der Waals surface area contributed by atoms with E-state index in [1.807, 2.05) is 24.3 Å². The third-order valence-electron chi connectivity index (χ3n) is 21.8. The fourth-order valence-corrected chi connectivity index (χ4v) is 26.3. The number of hydrogen-bond donors (Lipinski definition) is 0. The molecule has 18 atom stereocenters. The number of esters is 1. The van der Waals surface area contributed by atoms with Gasteiger partial charge in [-0.15, -0.1) is 0 Å². The summed E-state index contributed by atoms with van der Waals surface area (Å²) in [5.41, 5.74) is 2.57. The smallest absolute Gasteiger partial charge is 0.338 e. The highest BCUT2D eigenvalue weighted by molar-refractivity contribution is 7.00. The average molecular weight is 1310 g/mol. The molecule has 12 rings (SSSR count). The molecule has 0 N–H and O–H groups in total. The molecule has 94 heavy (non-hydrogen) atoms. The molecule has 6 saturated heterocycles. The van der Waals surface area contributed by atoms with Crippen LogP contribution in [0.3, 0.4) is 0 Å². The van der Waals surface area contributed by atoms with Crippen molar-refractivity contribution in [3.8, 4) is 0 Å². The van der Waals surface area contributed by atoms with Crippen molar-refractivity contribution < 1.29 is 56.4 Å². The van der Waals surface area contributed by atoms with E-state index in [4.69, 9.17) is 42.0 Å². The molecule has 5 unspecified atom stereocenters. The summed E-state index contributed by atoms with van der Waals surface area (Å²) in [6.07, 6.45) is 2.78. The van der Waals surface area contributed by atoms with Crippen molar-refractivity contribution in [2.75, 3.05) is 6.61 Å². The first kappa shape index (κ1) is 68.2. The molecule has 5 aromatic carbocycles. The molecule has 8 bridgehead atoms. The Morgan fingerprint density at radius 2 is 1.09 bits per heavy atom. The fraction of sp³-hybridized carbons (Fsp3) is 0.512. The van der Waals surface area contributed by atoms with Crippen molar-refractivity contribution in [2.45, 2.75) is 228 Å². The van der Waals surface area contributed by atoms with Crippen LogP contribution in [0.2, 0.25) is 10.1 Å². The van der Waals surface area contributed by atoms with Gasteiger partial charge in [0.25, 0.3) is 16.6 Å². The van der Waals surface area contributed by atoms with Crippen LogP contribution in [0, 0.1) is 23.7 Å². The summed E-state index contributed by atoms with van der Waals surface area (Å²) >= 11 is 0. The van der Waals surface area contributed by atoms with Crippen LogP contribution in [0.1, 0.15) is 143 Å². The minimum atomic E-state index is -3.41. The van der Waals surface area contributed by atoms with Crippen molar-refractivity contribution in [3.63, 3.8) is 0 Å². The highest BCUT2D eigenvalue weighted by Gasteiger charge is 2.65. The van der Waals surface area contributed by atoms with E-state index in [1.54, 1.807) is 18.2 Å². The van der Waals surface area contributed by atoms with Crippen molar-refractivity contribution in [1.29, 1.82) is 0 Å². The molecule has 0 aromatic heterocycles. The van der Waals surface area contributed by atoms with E-state index in [-0.39, 0.29) is 97.3 Å². The number of fused-ring (bicyclic) bond motifs is 7. The third-order valence-corrected chi connectivity index (χ3v) is 31.9. The van der Waals surface area contributed by atoms with E-state index in [1.165, 1.54) is 0 Å². The van der Waals surface area contributed by atoms with Crippen LogP contribution in [-0.4, -0.2) is 126 Å². The number of Topliss-reactive ketones (excluding diaryl/α,β-unsaturated/α-hetero) is 1. The molecule has 0 radical (unpaired) electrons. The summed E-state index contributed by atoms with van der Waals surface area (Å²) in [5.74, 6) is -0.269. The van der Waals surface area contributed by atoms with Gasteiger partial charge in [0, 0.05) is 32.1 Å². The van der Waals surface area contributed by atoms with Crippen molar-refractivity contribution in [1.82, 2.24) is 0 Å². The Labute approximate surface area is 560 Å². The van der Waals surface area contributed by atoms with E-state index in [0.717, 1.165) is 51.2 Å². The summed E-state index contributed by atoms with van der Waals surface area (Å²) in [4.78, 5) is 43.5. The Balaban J connectivity index is 0.933. The number of hydrogen-bond acceptors (Lipinski definition) is 12. The lowest BCUT2D eigenvalue weighted by molar-refractivity contribution is -0.254. The van der Waals surface area contributed by atoms with Crippen molar-refractivity contribution >= 4 is 54.9 Å². The quantitative estimate of drug-likeness (QED) is 0.0631. The lowest BCUT2D eigenvalue weighted by Crippen LogP contribution is -2.73. The summed E-state index contributed by atoms with van der Waals surface area (Å²) < 4.78 is 66.4. The predicted octanol–water partition coefficient (Wildman–Crippen LogP) is 13.0. The first-order valence-corrected chi connectivity index (χ1v) is 38.7. The van der Waals surface area contributed by atoms with Gasteiger partial charge in [-0.25, -0.2) is 4.79 Å². The van der Waals surface area contributed by atoms with Gasteiger partial charge in [-0.1, -0.05) is 221 Å². The second-order valence-corrected chi connectivity index (χ2v) is 38.9. The van der Waals surface area contributed by atoms with Gasteiger partial charge < -0.3 is 42.0 Å². The minimum absolute atomic E-state index is 0.00408. The monoisotopic (exact) mass is 1310 g/mol. The van der Waals surface area contributed by atoms with Gasteiger partial charge in [0.15, 0.2) is 5.78 Å². The average Bonchev–Trinajstić information content (AvgIpc) is 1.34. The van der Waals surface area contributed by atoms with Crippen LogP contribution in [-0.2, 0) is 51.6 Å². The molecule has 0 spiro atoms. The van der Waals surface area contributed by atoms with Gasteiger partial charge in [0.2, 0.25) is 0 Å². The molecule has 500 valence electrons. The largest absolute Gasteiger partial charge is 0.462 e. The second-order valence-electron chi connectivity index (χ2n) is 30.4. The maximum Gasteiger partial charge on any atom is 0.338 e. The van der Waals surface area contributed by atoms with Gasteiger partial charge in [0.05, 0.1) is 67.1 Å². The molecule has 0 amide bonds. The zero-order valence-electron chi connectivity index (χ0n) is 56.8. The van der Waals surface area contributed by atoms with Crippen LogP contribution < -0.4 is 20.7 Å². The molecule has 0 saturated carbocycles. The predicted molar refractivity (Wildman–Crippen MR) is 373 cm³/mol. The minimum Gasteiger partial charge on any atom is -0.462 e. The SMILES string of the molecule is C=C1CC2/C=C/C(=O)CC3O[C@H]4[C@@H](O[Si](c5ccccc5)(c5ccccc5)C(C)(C)C)[C@H]5OC(CC[C@@H]5O[C@H]4[C@H]3O[Si](c3ccccc3)(c3ccccc3)C(C)(C)C)CC(=O)C[C@H]3C(C[C@H]4OC(CC[C@@H]1O2)C[C@@H](C)C4=C)O[C@H](C[C@H](C)COC(=O)c1ccccc1)[C@@H]3C. The van der Waals surface area contributed by atoms with Crippen LogP contribution >= 0.6 is 0 Å². The molecule has 5 aromatic rings. The van der Waals surface area contributed by atoms with Crippen molar-refractivity contribution in [2.24, 2.45) is 23.7 Å². The van der Waals surface area contributed by atoms with E-state index >= 15 is 9.59 Å². The van der Waals surface area contributed by atoms with E-state index in [0.29, 0.717) is 44.1 Å². The Morgan fingerprint density at radius 1 is 0.553 bits per heavy atom. The van der Waals surface area contributed by atoms with Crippen LogP contribution in [0.15, 0.2) is 188 Å². The van der Waals surface area contributed by atoms with Gasteiger partial charge in [-0.3, -0.25) is 9.59 Å². The van der Waals surface area contributed by atoms with Gasteiger partial charge in [-0.2, -0.15) is 0 Å². The molecule has 12 nitrogen and oxygen atoms in total. The van der Waals surface area contributed by atoms with Crippen molar-refractivity contribution in [3.05, 3.63) is 194 Å². The maximum atomic E-state index is 15.3. The number of allylic oxidation sites excluding steroid dienone is 1. The Morgan fingerprint density at radius 3 is 1.66 bits per heavy atom. The van der Waals surface area contributed by atoms with Gasteiger partial charge in [0.1, 0.15) is 36.3 Å². The summed E-state index contributed by atoms with van der Waals surface area (Å²) in [6.45, 7) is 29.6. The molecule has 7 heterocycles. The number of ketones is 2. The molecule has 14 heteroatoms. The molecular weight excluding hydrogens is 1210 g/mol. The Bertz CT molecular complexity index is 3360. The Hall–Kier alpha value is -5.76. The highest BCUT2D eigenvalue weighted by Crippen LogP contribution is 2.50. The number of ether oxygens (including phenoxy) is 7.